The molecule has 2 heterocycles. The van der Waals surface area contributed by atoms with Crippen molar-refractivity contribution in [3.63, 3.8) is 0 Å². The number of ether oxygens (including phenoxy) is 3. The predicted octanol–water partition coefficient (Wildman–Crippen LogP) is 4.85. The molecule has 0 spiro atoms. The van der Waals surface area contributed by atoms with E-state index >= 15 is 0 Å². The SMILES string of the molecule is CCCC(N)Nc1nc(NC(=O)OC)nc2cnn(Cc3ccc(CN(C(=O)OC(C)(C)C)C4CCC4)cc3OC)c12. The van der Waals surface area contributed by atoms with E-state index in [1.807, 2.05) is 50.8 Å². The molecule has 13 nitrogen and oxygen atoms in total. The van der Waals surface area contributed by atoms with Gasteiger partial charge >= 0.3 is 12.2 Å². The molecule has 4 N–H and O–H groups in total. The Morgan fingerprint density at radius 1 is 1.21 bits per heavy atom. The maximum absolute atomic E-state index is 13.0. The molecule has 1 aromatic carbocycles. The summed E-state index contributed by atoms with van der Waals surface area (Å²) in [5, 5.41) is 10.3. The Bertz CT molecular complexity index is 1400. The Hall–Kier alpha value is -4.13. The minimum Gasteiger partial charge on any atom is -0.496 e. The highest BCUT2D eigenvalue weighted by atomic mass is 16.6. The van der Waals surface area contributed by atoms with Crippen LogP contribution in [0.25, 0.3) is 11.0 Å². The summed E-state index contributed by atoms with van der Waals surface area (Å²) >= 11 is 0. The summed E-state index contributed by atoms with van der Waals surface area (Å²) in [6.45, 7) is 8.45. The summed E-state index contributed by atoms with van der Waals surface area (Å²) in [4.78, 5) is 35.5. The average Bonchev–Trinajstić information content (AvgIpc) is 3.29. The molecular weight excluding hydrogens is 540 g/mol. The second kappa shape index (κ2) is 13.2. The number of nitrogens with one attached hydrogen (secondary N) is 2. The quantitative estimate of drug-likeness (QED) is 0.267. The number of aromatic nitrogens is 4. The number of anilines is 2. The second-order valence-electron chi connectivity index (χ2n) is 11.4. The molecule has 13 heteroatoms. The van der Waals surface area contributed by atoms with E-state index in [0.29, 0.717) is 35.7 Å². The molecule has 0 saturated heterocycles. The predicted molar refractivity (Wildman–Crippen MR) is 159 cm³/mol. The number of methoxy groups -OCH3 is 2. The summed E-state index contributed by atoms with van der Waals surface area (Å²) in [6, 6.07) is 6.08. The van der Waals surface area contributed by atoms with Gasteiger partial charge in [-0.2, -0.15) is 10.1 Å². The van der Waals surface area contributed by atoms with Crippen LogP contribution in [0, 0.1) is 0 Å². The third-order valence-corrected chi connectivity index (χ3v) is 6.98. The lowest BCUT2D eigenvalue weighted by Crippen LogP contribution is -2.46. The van der Waals surface area contributed by atoms with E-state index in [9.17, 15) is 9.59 Å². The van der Waals surface area contributed by atoms with E-state index in [1.165, 1.54) is 7.11 Å². The number of amides is 2. The number of fused-ring (bicyclic) bond motifs is 1. The maximum atomic E-state index is 13.0. The van der Waals surface area contributed by atoms with E-state index in [1.54, 1.807) is 18.0 Å². The van der Waals surface area contributed by atoms with Crippen molar-refractivity contribution in [1.82, 2.24) is 24.6 Å². The third kappa shape index (κ3) is 7.58. The van der Waals surface area contributed by atoms with E-state index < -0.39 is 11.7 Å². The van der Waals surface area contributed by atoms with Gasteiger partial charge in [0.2, 0.25) is 5.95 Å². The third-order valence-electron chi connectivity index (χ3n) is 6.98. The topological polar surface area (TPSA) is 159 Å². The maximum Gasteiger partial charge on any atom is 0.413 e. The summed E-state index contributed by atoms with van der Waals surface area (Å²) < 4.78 is 17.9. The highest BCUT2D eigenvalue weighted by Gasteiger charge is 2.32. The molecule has 3 aromatic rings. The number of rotatable bonds is 11. The Morgan fingerprint density at radius 2 is 1.98 bits per heavy atom. The second-order valence-corrected chi connectivity index (χ2v) is 11.4. The smallest absolute Gasteiger partial charge is 0.413 e. The first-order valence-corrected chi connectivity index (χ1v) is 14.3. The molecular formula is C29H42N8O5. The molecule has 1 saturated carbocycles. The fourth-order valence-electron chi connectivity index (χ4n) is 4.71. The van der Waals surface area contributed by atoms with Gasteiger partial charge in [0.15, 0.2) is 5.82 Å². The van der Waals surface area contributed by atoms with Crippen LogP contribution in [-0.2, 0) is 22.6 Å². The summed E-state index contributed by atoms with van der Waals surface area (Å²) in [5.41, 5.74) is 8.67. The van der Waals surface area contributed by atoms with Crippen LogP contribution in [0.1, 0.15) is 70.9 Å². The van der Waals surface area contributed by atoms with E-state index in [2.05, 4.69) is 30.4 Å². The normalized spacial score (nSPS) is 14.2. The Kier molecular flexibility index (Phi) is 9.71. The van der Waals surface area contributed by atoms with Gasteiger partial charge < -0.3 is 30.2 Å². The highest BCUT2D eigenvalue weighted by Crippen LogP contribution is 2.30. The lowest BCUT2D eigenvalue weighted by molar-refractivity contribution is 0.00459. The van der Waals surface area contributed by atoms with E-state index in [4.69, 9.17) is 15.2 Å². The number of carbonyl (C=O) groups excluding carboxylic acids is 2. The minimum atomic E-state index is -0.682. The fraction of sp³-hybridized carbons (Fsp3) is 0.552. The first-order valence-electron chi connectivity index (χ1n) is 14.3. The van der Waals surface area contributed by atoms with Crippen molar-refractivity contribution in [2.24, 2.45) is 5.73 Å². The van der Waals surface area contributed by atoms with Crippen molar-refractivity contribution in [3.05, 3.63) is 35.5 Å². The van der Waals surface area contributed by atoms with Crippen LogP contribution >= 0.6 is 0 Å². The number of carbonyl (C=O) groups is 2. The molecule has 1 unspecified atom stereocenters. The van der Waals surface area contributed by atoms with Gasteiger partial charge in [-0.1, -0.05) is 25.5 Å². The molecule has 2 aromatic heterocycles. The van der Waals surface area contributed by atoms with Crippen molar-refractivity contribution < 1.29 is 23.8 Å². The molecule has 1 atom stereocenters. The number of benzene rings is 1. The Morgan fingerprint density at radius 3 is 2.60 bits per heavy atom. The highest BCUT2D eigenvalue weighted by molar-refractivity contribution is 5.89. The van der Waals surface area contributed by atoms with Gasteiger partial charge in [0, 0.05) is 18.2 Å². The zero-order valence-electron chi connectivity index (χ0n) is 25.3. The van der Waals surface area contributed by atoms with Gasteiger partial charge in [-0.05, 0) is 58.1 Å². The molecule has 228 valence electrons. The first-order chi connectivity index (χ1) is 20.0. The molecule has 0 aliphatic heterocycles. The van der Waals surface area contributed by atoms with E-state index in [-0.39, 0.29) is 24.2 Å². The Balaban J connectivity index is 1.62. The zero-order chi connectivity index (χ0) is 30.4. The number of hydrogen-bond donors (Lipinski definition) is 3. The van der Waals surface area contributed by atoms with E-state index in [0.717, 1.165) is 43.2 Å². The lowest BCUT2D eigenvalue weighted by Gasteiger charge is -2.38. The van der Waals surface area contributed by atoms with Crippen LogP contribution in [-0.4, -0.2) is 68.9 Å². The van der Waals surface area contributed by atoms with Gasteiger partial charge in [0.1, 0.15) is 22.4 Å². The van der Waals surface area contributed by atoms with Gasteiger partial charge in [-0.25, -0.2) is 14.6 Å². The first kappa shape index (κ1) is 30.8. The van der Waals surface area contributed by atoms with Gasteiger partial charge in [0.05, 0.1) is 33.1 Å². The molecule has 0 radical (unpaired) electrons. The van der Waals surface area contributed by atoms with Crippen LogP contribution in [0.4, 0.5) is 21.4 Å². The number of hydrogen-bond acceptors (Lipinski definition) is 10. The van der Waals surface area contributed by atoms with Crippen molar-refractivity contribution in [2.75, 3.05) is 24.9 Å². The van der Waals surface area contributed by atoms with Crippen LogP contribution in [0.15, 0.2) is 24.4 Å². The molecule has 1 aliphatic carbocycles. The van der Waals surface area contributed by atoms with Crippen LogP contribution in [0.2, 0.25) is 0 Å². The molecule has 0 bridgehead atoms. The molecule has 42 heavy (non-hydrogen) atoms. The summed E-state index contributed by atoms with van der Waals surface area (Å²) in [6.07, 6.45) is 4.90. The van der Waals surface area contributed by atoms with Crippen LogP contribution in [0.3, 0.4) is 0 Å². The summed E-state index contributed by atoms with van der Waals surface area (Å²) in [7, 11) is 2.88. The van der Waals surface area contributed by atoms with Crippen molar-refractivity contribution in [2.45, 2.75) is 90.7 Å². The Labute approximate surface area is 246 Å². The molecule has 2 amide bonds. The molecule has 1 aliphatic rings. The fourth-order valence-corrected chi connectivity index (χ4v) is 4.71. The largest absolute Gasteiger partial charge is 0.496 e. The minimum absolute atomic E-state index is 0.0723. The average molecular weight is 583 g/mol. The number of nitrogens with two attached hydrogens (primary N) is 1. The van der Waals surface area contributed by atoms with Gasteiger partial charge in [0.25, 0.3) is 0 Å². The van der Waals surface area contributed by atoms with Crippen molar-refractivity contribution >= 4 is 35.0 Å². The zero-order valence-corrected chi connectivity index (χ0v) is 25.3. The van der Waals surface area contributed by atoms with Crippen LogP contribution < -0.4 is 21.1 Å². The van der Waals surface area contributed by atoms with Gasteiger partial charge in [-0.3, -0.25) is 10.00 Å². The van der Waals surface area contributed by atoms with Crippen molar-refractivity contribution in [3.8, 4) is 5.75 Å². The number of nitrogens with zero attached hydrogens (tertiary/aromatic N) is 5. The molecule has 4 rings (SSSR count). The standard InChI is InChI=1S/C29H42N8O5/c1-7-9-23(30)33-25-24-21(32-26(34-25)35-27(38)41-6)15-31-37(24)17-19-13-12-18(14-22(19)40-5)16-36(20-10-8-11-20)28(39)42-29(2,3)4/h12-15,20,23H,7-11,16-17,30H2,1-6H3,(H2,32,33,34,35,38). The monoisotopic (exact) mass is 582 g/mol. The van der Waals surface area contributed by atoms with Crippen molar-refractivity contribution in [1.29, 1.82) is 0 Å². The summed E-state index contributed by atoms with van der Waals surface area (Å²) in [5.74, 6) is 1.17. The van der Waals surface area contributed by atoms with Crippen LogP contribution in [0.5, 0.6) is 5.75 Å². The lowest BCUT2D eigenvalue weighted by atomic mass is 9.91. The molecule has 1 fully saturated rings. The van der Waals surface area contributed by atoms with Gasteiger partial charge in [-0.15, -0.1) is 0 Å².